The number of piperidine rings is 1. The fraction of sp³-hybridized carbons (Fsp3) is 0.364. The highest BCUT2D eigenvalue weighted by Gasteiger charge is 2.31. The quantitative estimate of drug-likeness (QED) is 0.517. The number of carbonyl (C=O) groups is 2. The van der Waals surface area contributed by atoms with Crippen molar-refractivity contribution in [2.75, 3.05) is 18.0 Å². The summed E-state index contributed by atoms with van der Waals surface area (Å²) in [6.45, 7) is 2.78. The van der Waals surface area contributed by atoms with Crippen molar-refractivity contribution in [3.8, 4) is 0 Å². The van der Waals surface area contributed by atoms with Gasteiger partial charge in [0.1, 0.15) is 5.78 Å². The Morgan fingerprint density at radius 2 is 1.96 bits per heavy atom. The molecule has 0 amide bonds. The molecule has 2 aromatic rings. The van der Waals surface area contributed by atoms with Crippen LogP contribution in [0.25, 0.3) is 0 Å². The normalized spacial score (nSPS) is 17.7. The molecular weight excluding hydrogens is 372 g/mol. The van der Waals surface area contributed by atoms with Crippen LogP contribution in [-0.2, 0) is 4.79 Å². The first-order valence-electron chi connectivity index (χ1n) is 9.59. The molecule has 148 valence electrons. The Hall–Kier alpha value is -2.31. The van der Waals surface area contributed by atoms with Crippen LogP contribution in [0, 0.1) is 0 Å². The number of ketones is 1. The van der Waals surface area contributed by atoms with Crippen LogP contribution in [0.3, 0.4) is 0 Å². The Morgan fingerprint density at radius 3 is 2.61 bits per heavy atom. The number of benzene rings is 2. The minimum Gasteiger partial charge on any atom is -0.478 e. The summed E-state index contributed by atoms with van der Waals surface area (Å²) in [6, 6.07) is 17.2. The molecule has 0 spiro atoms. The van der Waals surface area contributed by atoms with Crippen LogP contribution in [0.4, 0.5) is 5.69 Å². The van der Waals surface area contributed by atoms with Crippen LogP contribution in [0.2, 0.25) is 0 Å². The van der Waals surface area contributed by atoms with E-state index in [2.05, 4.69) is 22.3 Å². The van der Waals surface area contributed by atoms with Crippen LogP contribution in [0.1, 0.15) is 36.5 Å². The average Bonchev–Trinajstić information content (AvgIpc) is 2.72. The Kier molecular flexibility index (Phi) is 7.12. The molecule has 0 saturated carbocycles. The van der Waals surface area contributed by atoms with E-state index in [-0.39, 0.29) is 29.3 Å². The summed E-state index contributed by atoms with van der Waals surface area (Å²) in [6.07, 6.45) is 3.32. The molecular formula is C22H26N2O3S. The number of nitrogens with one attached hydrogen (secondary N) is 1. The van der Waals surface area contributed by atoms with Crippen molar-refractivity contribution in [3.05, 3.63) is 60.2 Å². The summed E-state index contributed by atoms with van der Waals surface area (Å²) in [7, 11) is 0. The second-order valence-electron chi connectivity index (χ2n) is 7.06. The topological polar surface area (TPSA) is 69.6 Å². The van der Waals surface area contributed by atoms with E-state index < -0.39 is 5.97 Å². The summed E-state index contributed by atoms with van der Waals surface area (Å²) < 4.78 is 0. The number of carboxylic acids is 1. The van der Waals surface area contributed by atoms with Crippen LogP contribution in [-0.4, -0.2) is 41.4 Å². The Bertz CT molecular complexity index is 806. The summed E-state index contributed by atoms with van der Waals surface area (Å²) in [5.74, 6) is -0.914. The van der Waals surface area contributed by atoms with E-state index in [4.69, 9.17) is 0 Å². The number of carboxylic acid groups (broad SMARTS) is 1. The number of carbonyl (C=O) groups excluding carboxylic acids is 1. The molecule has 0 aromatic heterocycles. The molecule has 1 aliphatic rings. The Morgan fingerprint density at radius 1 is 1.18 bits per heavy atom. The average molecular weight is 399 g/mol. The molecule has 0 aliphatic carbocycles. The Balaban J connectivity index is 1.98. The maximum atomic E-state index is 12.1. The molecule has 1 saturated heterocycles. The molecule has 0 bridgehead atoms. The monoisotopic (exact) mass is 398 g/mol. The van der Waals surface area contributed by atoms with Crippen molar-refractivity contribution in [2.45, 2.75) is 42.5 Å². The van der Waals surface area contributed by atoms with Crippen LogP contribution in [0.5, 0.6) is 0 Å². The molecule has 1 heterocycles. The first-order valence-corrected chi connectivity index (χ1v) is 10.5. The van der Waals surface area contributed by atoms with Gasteiger partial charge in [0, 0.05) is 16.6 Å². The number of nitrogens with zero attached hydrogens (tertiary/aromatic N) is 1. The predicted octanol–water partition coefficient (Wildman–Crippen LogP) is 4.04. The smallest absolute Gasteiger partial charge is 0.335 e. The van der Waals surface area contributed by atoms with Crippen LogP contribution >= 0.6 is 11.8 Å². The van der Waals surface area contributed by atoms with Crippen molar-refractivity contribution in [1.82, 2.24) is 5.32 Å². The standard InChI is InChI=1S/C22H26N2O3S/c1-16(25)15-24(18-9-7-8-17(14-18)22(26)27)21(20-12-5-6-13-23-20)28-19-10-3-2-4-11-19/h2-4,7-11,14,20-21,23H,5-6,12-13,15H2,1H3,(H,26,27). The maximum absolute atomic E-state index is 12.1. The van der Waals surface area contributed by atoms with Crippen molar-refractivity contribution in [1.29, 1.82) is 0 Å². The largest absolute Gasteiger partial charge is 0.478 e. The molecule has 28 heavy (non-hydrogen) atoms. The molecule has 2 atom stereocenters. The molecule has 2 N–H and O–H groups in total. The van der Waals surface area contributed by atoms with E-state index in [0.29, 0.717) is 0 Å². The zero-order valence-corrected chi connectivity index (χ0v) is 16.8. The zero-order chi connectivity index (χ0) is 19.9. The number of aromatic carboxylic acids is 1. The minimum absolute atomic E-state index is 0.0179. The SMILES string of the molecule is CC(=O)CN(c1cccc(C(=O)O)c1)C(Sc1ccccc1)C1CCCCN1. The highest BCUT2D eigenvalue weighted by Crippen LogP contribution is 2.34. The van der Waals surface area contributed by atoms with E-state index in [1.165, 1.54) is 0 Å². The number of Topliss-reactive ketones (excluding diaryl/α,β-unsaturated/α-hetero) is 1. The second-order valence-corrected chi connectivity index (χ2v) is 8.25. The van der Waals surface area contributed by atoms with Gasteiger partial charge in [-0.25, -0.2) is 4.79 Å². The summed E-state index contributed by atoms with van der Waals surface area (Å²) in [5, 5.41) is 13.0. The molecule has 2 aromatic carbocycles. The molecule has 0 radical (unpaired) electrons. The molecule has 1 aliphatic heterocycles. The van der Waals surface area contributed by atoms with Gasteiger partial charge in [-0.3, -0.25) is 4.79 Å². The lowest BCUT2D eigenvalue weighted by atomic mass is 10.0. The third-order valence-corrected chi connectivity index (χ3v) is 6.19. The molecule has 1 fully saturated rings. The fourth-order valence-electron chi connectivity index (χ4n) is 3.51. The second kappa shape index (κ2) is 9.75. The Labute approximate surface area is 170 Å². The van der Waals surface area contributed by atoms with E-state index in [1.54, 1.807) is 36.9 Å². The number of hydrogen-bond acceptors (Lipinski definition) is 5. The number of anilines is 1. The third kappa shape index (κ3) is 5.36. The van der Waals surface area contributed by atoms with Gasteiger partial charge < -0.3 is 15.3 Å². The van der Waals surface area contributed by atoms with Crippen LogP contribution < -0.4 is 10.2 Å². The van der Waals surface area contributed by atoms with Gasteiger partial charge in [-0.1, -0.05) is 42.4 Å². The predicted molar refractivity (Wildman–Crippen MR) is 113 cm³/mol. The van der Waals surface area contributed by atoms with Gasteiger partial charge in [0.05, 0.1) is 17.5 Å². The van der Waals surface area contributed by atoms with E-state index in [1.807, 2.05) is 24.3 Å². The summed E-state index contributed by atoms with van der Waals surface area (Å²) in [5.41, 5.74) is 0.988. The lowest BCUT2D eigenvalue weighted by Gasteiger charge is -2.40. The maximum Gasteiger partial charge on any atom is 0.335 e. The highest BCUT2D eigenvalue weighted by molar-refractivity contribution is 8.00. The minimum atomic E-state index is -0.965. The van der Waals surface area contributed by atoms with E-state index >= 15 is 0 Å². The number of rotatable bonds is 8. The van der Waals surface area contributed by atoms with Gasteiger partial charge >= 0.3 is 5.97 Å². The van der Waals surface area contributed by atoms with E-state index in [9.17, 15) is 14.7 Å². The first kappa shape index (κ1) is 20.4. The van der Waals surface area contributed by atoms with E-state index in [0.717, 1.165) is 36.4 Å². The van der Waals surface area contributed by atoms with Gasteiger partial charge in [-0.05, 0) is 56.6 Å². The van der Waals surface area contributed by atoms with Gasteiger partial charge in [-0.2, -0.15) is 0 Å². The highest BCUT2D eigenvalue weighted by atomic mass is 32.2. The van der Waals surface area contributed by atoms with Gasteiger partial charge in [0.25, 0.3) is 0 Å². The number of hydrogen-bond donors (Lipinski definition) is 2. The third-order valence-electron chi connectivity index (χ3n) is 4.82. The molecule has 2 unspecified atom stereocenters. The van der Waals surface area contributed by atoms with Gasteiger partial charge in [-0.15, -0.1) is 0 Å². The van der Waals surface area contributed by atoms with Gasteiger partial charge in [0.2, 0.25) is 0 Å². The lowest BCUT2D eigenvalue weighted by molar-refractivity contribution is -0.115. The number of thioether (sulfide) groups is 1. The first-order chi connectivity index (χ1) is 13.5. The fourth-order valence-corrected chi connectivity index (χ4v) is 4.82. The van der Waals surface area contributed by atoms with Crippen molar-refractivity contribution in [2.24, 2.45) is 0 Å². The zero-order valence-electron chi connectivity index (χ0n) is 16.0. The van der Waals surface area contributed by atoms with Crippen molar-refractivity contribution in [3.63, 3.8) is 0 Å². The molecule has 6 heteroatoms. The lowest BCUT2D eigenvalue weighted by Crippen LogP contribution is -2.51. The van der Waals surface area contributed by atoms with Crippen LogP contribution in [0.15, 0.2) is 59.5 Å². The summed E-state index contributed by atoms with van der Waals surface area (Å²) in [4.78, 5) is 26.7. The van der Waals surface area contributed by atoms with Gasteiger partial charge in [0.15, 0.2) is 0 Å². The summed E-state index contributed by atoms with van der Waals surface area (Å²) >= 11 is 1.72. The van der Waals surface area contributed by atoms with Crippen molar-refractivity contribution >= 4 is 29.2 Å². The molecule has 5 nitrogen and oxygen atoms in total. The van der Waals surface area contributed by atoms with Crippen molar-refractivity contribution < 1.29 is 14.7 Å². The molecule has 3 rings (SSSR count).